The molecule has 0 aromatic carbocycles. The Morgan fingerprint density at radius 3 is 3.10 bits per heavy atom. The van der Waals surface area contributed by atoms with Crippen LogP contribution in [0, 0.1) is 11.3 Å². The Bertz CT molecular complexity index is 739. The van der Waals surface area contributed by atoms with Crippen molar-refractivity contribution in [1.29, 1.82) is 5.26 Å². The summed E-state index contributed by atoms with van der Waals surface area (Å²) < 4.78 is 0. The lowest BCUT2D eigenvalue weighted by Crippen LogP contribution is -2.29. The van der Waals surface area contributed by atoms with Gasteiger partial charge in [0.15, 0.2) is 5.78 Å². The van der Waals surface area contributed by atoms with Crippen molar-refractivity contribution >= 4 is 39.1 Å². The van der Waals surface area contributed by atoms with Crippen molar-refractivity contribution in [2.75, 3.05) is 17.2 Å². The number of nitriles is 1. The predicted molar refractivity (Wildman–Crippen MR) is 87.1 cm³/mol. The molecule has 0 fully saturated rings. The lowest BCUT2D eigenvalue weighted by Gasteiger charge is -2.27. The molecule has 108 valence electrons. The van der Waals surface area contributed by atoms with Crippen molar-refractivity contribution in [3.8, 4) is 6.07 Å². The molecule has 0 spiro atoms. The van der Waals surface area contributed by atoms with Gasteiger partial charge in [-0.2, -0.15) is 5.26 Å². The van der Waals surface area contributed by atoms with Crippen molar-refractivity contribution in [1.82, 2.24) is 0 Å². The Labute approximate surface area is 131 Å². The fourth-order valence-corrected chi connectivity index (χ4v) is 4.65. The summed E-state index contributed by atoms with van der Waals surface area (Å²) in [6, 6.07) is 4.30. The molecule has 1 aliphatic heterocycles. The number of nitrogens with zero attached hydrogens (tertiary/aromatic N) is 2. The molecule has 0 aliphatic carbocycles. The summed E-state index contributed by atoms with van der Waals surface area (Å²) in [4.78, 5) is 16.1. The molecule has 0 bridgehead atoms. The van der Waals surface area contributed by atoms with E-state index in [0.717, 1.165) is 24.5 Å². The number of carbonyl (C=O) groups excluding carboxylic acids is 1. The second-order valence-corrected chi connectivity index (χ2v) is 6.95. The number of anilines is 2. The van der Waals surface area contributed by atoms with Gasteiger partial charge in [0.2, 0.25) is 0 Å². The minimum Gasteiger partial charge on any atom is -0.396 e. The van der Waals surface area contributed by atoms with Crippen LogP contribution in [0.2, 0.25) is 0 Å². The van der Waals surface area contributed by atoms with Gasteiger partial charge in [-0.3, -0.25) is 4.79 Å². The average Bonchev–Trinajstić information content (AvgIpc) is 3.09. The van der Waals surface area contributed by atoms with Gasteiger partial charge in [0.05, 0.1) is 10.6 Å². The molecule has 3 heterocycles. The normalized spacial score (nSPS) is 13.8. The van der Waals surface area contributed by atoms with Crippen LogP contribution in [-0.2, 0) is 13.0 Å². The molecule has 0 atom stereocenters. The fraction of sp³-hybridized carbons (Fsp3) is 0.333. The van der Waals surface area contributed by atoms with Crippen LogP contribution in [-0.4, -0.2) is 12.3 Å². The summed E-state index contributed by atoms with van der Waals surface area (Å²) in [5.74, 6) is 0.00785. The lowest BCUT2D eigenvalue weighted by atomic mass is 10.1. The van der Waals surface area contributed by atoms with Gasteiger partial charge in [-0.15, -0.1) is 22.7 Å². The summed E-state index contributed by atoms with van der Waals surface area (Å²) in [5, 5.41) is 12.3. The summed E-state index contributed by atoms with van der Waals surface area (Å²) in [6.07, 6.45) is 1.39. The second-order valence-electron chi connectivity index (χ2n) is 4.95. The van der Waals surface area contributed by atoms with Crippen molar-refractivity contribution in [3.63, 3.8) is 0 Å². The maximum atomic E-state index is 12.0. The maximum absolute atomic E-state index is 12.0. The first-order valence-corrected chi connectivity index (χ1v) is 8.51. The van der Waals surface area contributed by atoms with Gasteiger partial charge >= 0.3 is 0 Å². The van der Waals surface area contributed by atoms with Crippen LogP contribution in [0.25, 0.3) is 0 Å². The highest BCUT2D eigenvalue weighted by Gasteiger charge is 2.26. The van der Waals surface area contributed by atoms with E-state index in [1.54, 1.807) is 11.3 Å². The number of ketones is 1. The molecular weight excluding hydrogens is 302 g/mol. The molecule has 0 amide bonds. The zero-order valence-corrected chi connectivity index (χ0v) is 13.3. The maximum Gasteiger partial charge on any atom is 0.174 e. The Morgan fingerprint density at radius 2 is 2.38 bits per heavy atom. The van der Waals surface area contributed by atoms with Crippen molar-refractivity contribution in [3.05, 3.63) is 32.3 Å². The molecular formula is C15H15N3OS2. The molecule has 0 saturated heterocycles. The van der Waals surface area contributed by atoms with Crippen molar-refractivity contribution < 1.29 is 4.79 Å². The third kappa shape index (κ3) is 2.33. The molecule has 2 aromatic rings. The smallest absolute Gasteiger partial charge is 0.174 e. The van der Waals surface area contributed by atoms with E-state index in [-0.39, 0.29) is 5.78 Å². The van der Waals surface area contributed by atoms with Gasteiger partial charge < -0.3 is 10.6 Å². The third-order valence-corrected chi connectivity index (χ3v) is 6.04. The lowest BCUT2D eigenvalue weighted by molar-refractivity contribution is 0.0993. The van der Waals surface area contributed by atoms with Crippen LogP contribution in [0.5, 0.6) is 0 Å². The number of rotatable bonds is 3. The number of hydrogen-bond donors (Lipinski definition) is 1. The van der Waals surface area contributed by atoms with E-state index in [9.17, 15) is 10.1 Å². The molecule has 4 nitrogen and oxygen atoms in total. The zero-order chi connectivity index (χ0) is 15.0. The minimum absolute atomic E-state index is 0.00785. The van der Waals surface area contributed by atoms with Crippen LogP contribution in [0.3, 0.4) is 0 Å². The number of fused-ring (bicyclic) bond motifs is 1. The second kappa shape index (κ2) is 5.51. The molecule has 0 radical (unpaired) electrons. The number of nitrogens with two attached hydrogens (primary N) is 1. The summed E-state index contributed by atoms with van der Waals surface area (Å²) >= 11 is 3.14. The highest BCUT2D eigenvalue weighted by Crippen LogP contribution is 2.40. The Hall–Kier alpha value is -1.84. The van der Waals surface area contributed by atoms with Crippen LogP contribution < -0.4 is 10.6 Å². The number of Topliss-reactive ketones (excluding diaryl/α,β-unsaturated/α-hetero) is 1. The van der Waals surface area contributed by atoms with E-state index in [0.29, 0.717) is 22.5 Å². The largest absolute Gasteiger partial charge is 0.396 e. The Balaban J connectivity index is 2.00. The van der Waals surface area contributed by atoms with E-state index in [1.165, 1.54) is 21.8 Å². The van der Waals surface area contributed by atoms with Gasteiger partial charge in [-0.25, -0.2) is 0 Å². The number of carbonyl (C=O) groups is 1. The van der Waals surface area contributed by atoms with Gasteiger partial charge in [0.25, 0.3) is 0 Å². The van der Waals surface area contributed by atoms with Crippen LogP contribution in [0.15, 0.2) is 11.4 Å². The van der Waals surface area contributed by atoms with E-state index in [1.807, 2.05) is 6.92 Å². The van der Waals surface area contributed by atoms with E-state index < -0.39 is 0 Å². The van der Waals surface area contributed by atoms with E-state index in [4.69, 9.17) is 5.73 Å². The van der Waals surface area contributed by atoms with Crippen LogP contribution >= 0.6 is 22.7 Å². The number of thiophene rings is 2. The topological polar surface area (TPSA) is 70.1 Å². The predicted octanol–water partition coefficient (Wildman–Crippen LogP) is 3.42. The molecule has 0 unspecified atom stereocenters. The molecule has 6 heteroatoms. The van der Waals surface area contributed by atoms with Gasteiger partial charge in [-0.05, 0) is 23.4 Å². The monoisotopic (exact) mass is 317 g/mol. The van der Waals surface area contributed by atoms with Crippen LogP contribution in [0.1, 0.15) is 39.0 Å². The number of hydrogen-bond acceptors (Lipinski definition) is 6. The molecule has 2 aromatic heterocycles. The molecule has 3 rings (SSSR count). The SMILES string of the molecule is CCC(=O)c1sc(N2CCc3sccc3C2)c(C#N)c1N. The Kier molecular flexibility index (Phi) is 3.70. The molecule has 21 heavy (non-hydrogen) atoms. The van der Waals surface area contributed by atoms with Crippen LogP contribution in [0.4, 0.5) is 10.7 Å². The standard InChI is InChI=1S/C15H15N3OS2/c1-2-11(19)14-13(17)10(7-16)15(21-14)18-5-3-12-9(8-18)4-6-20-12/h4,6H,2-3,5,8,17H2,1H3. The van der Waals surface area contributed by atoms with Crippen molar-refractivity contribution in [2.24, 2.45) is 0 Å². The first kappa shape index (κ1) is 14.1. The highest BCUT2D eigenvalue weighted by molar-refractivity contribution is 7.19. The summed E-state index contributed by atoms with van der Waals surface area (Å²) in [7, 11) is 0. The average molecular weight is 317 g/mol. The summed E-state index contributed by atoms with van der Waals surface area (Å²) in [5.41, 5.74) is 8.13. The van der Waals surface area contributed by atoms with Crippen molar-refractivity contribution in [2.45, 2.75) is 26.3 Å². The van der Waals surface area contributed by atoms with Gasteiger partial charge in [-0.1, -0.05) is 6.92 Å². The van der Waals surface area contributed by atoms with E-state index in [2.05, 4.69) is 22.4 Å². The molecule has 1 aliphatic rings. The van der Waals surface area contributed by atoms with Gasteiger partial charge in [0, 0.05) is 24.4 Å². The third-order valence-electron chi connectivity index (χ3n) is 3.71. The number of nitrogen functional groups attached to an aromatic ring is 1. The van der Waals surface area contributed by atoms with Gasteiger partial charge in [0.1, 0.15) is 16.6 Å². The fourth-order valence-electron chi connectivity index (χ4n) is 2.55. The Morgan fingerprint density at radius 1 is 1.57 bits per heavy atom. The first-order chi connectivity index (χ1) is 10.2. The van der Waals surface area contributed by atoms with E-state index >= 15 is 0 Å². The summed E-state index contributed by atoms with van der Waals surface area (Å²) in [6.45, 7) is 3.46. The minimum atomic E-state index is 0.00785. The molecule has 0 saturated carbocycles. The quantitative estimate of drug-likeness (QED) is 0.881. The highest BCUT2D eigenvalue weighted by atomic mass is 32.1. The zero-order valence-electron chi connectivity index (χ0n) is 11.7. The first-order valence-electron chi connectivity index (χ1n) is 6.81. The molecule has 2 N–H and O–H groups in total.